The molecule has 1 N–H and O–H groups in total. The van der Waals surface area contributed by atoms with Crippen molar-refractivity contribution in [2.24, 2.45) is 14.1 Å². The fraction of sp³-hybridized carbons (Fsp3) is 0.130. The minimum atomic E-state index is -0.475. The maximum atomic E-state index is 12.8. The van der Waals surface area contributed by atoms with Gasteiger partial charge in [0, 0.05) is 25.3 Å². The molecule has 0 atom stereocenters. The van der Waals surface area contributed by atoms with Crippen LogP contribution in [0.4, 0.5) is 5.69 Å². The topological polar surface area (TPSA) is 107 Å². The first-order valence-electron chi connectivity index (χ1n) is 9.84. The van der Waals surface area contributed by atoms with Crippen LogP contribution in [0.2, 0.25) is 0 Å². The number of carbonyl (C=O) groups excluding carboxylic acids is 3. The van der Waals surface area contributed by atoms with Gasteiger partial charge < -0.3 is 9.73 Å². The molecule has 0 unspecified atom stereocenters. The van der Waals surface area contributed by atoms with Gasteiger partial charge in [0.05, 0.1) is 35.0 Å². The number of anilines is 1. The number of nitrogens with one attached hydrogen (secondary N) is 1. The van der Waals surface area contributed by atoms with Gasteiger partial charge in [-0.05, 0) is 48.5 Å². The summed E-state index contributed by atoms with van der Waals surface area (Å²) in [6.45, 7) is 0.0245. The van der Waals surface area contributed by atoms with Gasteiger partial charge in [-0.1, -0.05) is 0 Å². The molecule has 1 aliphatic rings. The summed E-state index contributed by atoms with van der Waals surface area (Å²) in [6.07, 6.45) is 1.47. The molecule has 9 nitrogen and oxygen atoms in total. The highest BCUT2D eigenvalue weighted by molar-refractivity contribution is 6.22. The van der Waals surface area contributed by atoms with Crippen molar-refractivity contribution < 1.29 is 18.8 Å². The van der Waals surface area contributed by atoms with Gasteiger partial charge in [-0.3, -0.25) is 28.4 Å². The van der Waals surface area contributed by atoms with E-state index in [4.69, 9.17) is 4.42 Å². The molecule has 0 aliphatic carbocycles. The lowest BCUT2D eigenvalue weighted by molar-refractivity contribution is 0.0631. The molecule has 0 fully saturated rings. The molecule has 3 heterocycles. The van der Waals surface area contributed by atoms with Crippen LogP contribution in [0.25, 0.3) is 11.0 Å². The Labute approximate surface area is 181 Å². The number of fused-ring (bicyclic) bond motifs is 2. The number of furan rings is 1. The first-order chi connectivity index (χ1) is 15.3. The predicted octanol–water partition coefficient (Wildman–Crippen LogP) is 2.52. The zero-order chi connectivity index (χ0) is 22.6. The molecule has 2 aromatic heterocycles. The number of aryl methyl sites for hydroxylation is 2. The quantitative estimate of drug-likeness (QED) is 0.501. The van der Waals surface area contributed by atoms with Crippen molar-refractivity contribution in [1.29, 1.82) is 0 Å². The highest BCUT2D eigenvalue weighted by Crippen LogP contribution is 2.26. The largest absolute Gasteiger partial charge is 0.467 e. The molecule has 5 rings (SSSR count). The summed E-state index contributed by atoms with van der Waals surface area (Å²) < 4.78 is 8.26. The number of carbonyl (C=O) groups is 3. The van der Waals surface area contributed by atoms with Crippen LogP contribution in [0.1, 0.15) is 36.8 Å². The fourth-order valence-corrected chi connectivity index (χ4v) is 3.92. The molecule has 3 amide bonds. The monoisotopic (exact) mass is 430 g/mol. The molecule has 0 saturated heterocycles. The van der Waals surface area contributed by atoms with Crippen LogP contribution >= 0.6 is 0 Å². The zero-order valence-corrected chi connectivity index (χ0v) is 17.3. The normalized spacial score (nSPS) is 13.1. The maximum Gasteiger partial charge on any atom is 0.328 e. The van der Waals surface area contributed by atoms with Gasteiger partial charge in [0.15, 0.2) is 0 Å². The molecule has 4 aromatic rings. The number of imidazole rings is 1. The molecule has 1 aliphatic heterocycles. The number of aromatic nitrogens is 2. The van der Waals surface area contributed by atoms with Crippen LogP contribution in [-0.2, 0) is 20.6 Å². The number of amides is 3. The summed E-state index contributed by atoms with van der Waals surface area (Å²) in [4.78, 5) is 51.4. The number of benzene rings is 2. The highest BCUT2D eigenvalue weighted by Gasteiger charge is 2.36. The Bertz CT molecular complexity index is 1480. The first-order valence-corrected chi connectivity index (χ1v) is 9.84. The standard InChI is InChI=1S/C23H18N4O5/c1-25-18-8-6-14(11-19(18)26(2)23(25)31)24-20(28)13-5-7-16-17(10-13)22(30)27(21(16)29)12-15-4-3-9-32-15/h3-11H,12H2,1-2H3,(H,24,28). The van der Waals surface area contributed by atoms with Gasteiger partial charge in [0.1, 0.15) is 5.76 Å². The van der Waals surface area contributed by atoms with E-state index in [1.807, 2.05) is 0 Å². The van der Waals surface area contributed by atoms with Gasteiger partial charge in [-0.25, -0.2) is 4.79 Å². The van der Waals surface area contributed by atoms with E-state index in [1.54, 1.807) is 44.4 Å². The van der Waals surface area contributed by atoms with Crippen LogP contribution in [0, 0.1) is 0 Å². The Morgan fingerprint density at radius 1 is 0.906 bits per heavy atom. The Kier molecular flexibility index (Phi) is 4.33. The molecule has 160 valence electrons. The van der Waals surface area contributed by atoms with Gasteiger partial charge in [0.25, 0.3) is 17.7 Å². The van der Waals surface area contributed by atoms with E-state index < -0.39 is 17.7 Å². The number of hydrogen-bond acceptors (Lipinski definition) is 5. The molecular formula is C23H18N4O5. The van der Waals surface area contributed by atoms with Gasteiger partial charge in [0.2, 0.25) is 0 Å². The van der Waals surface area contributed by atoms with Crippen LogP contribution in [0.15, 0.2) is 64.0 Å². The van der Waals surface area contributed by atoms with Crippen molar-refractivity contribution in [3.8, 4) is 0 Å². The van der Waals surface area contributed by atoms with Gasteiger partial charge in [-0.2, -0.15) is 0 Å². The van der Waals surface area contributed by atoms with Crippen molar-refractivity contribution >= 4 is 34.4 Å². The molecule has 0 bridgehead atoms. The lowest BCUT2D eigenvalue weighted by Gasteiger charge is -2.11. The second kappa shape index (κ2) is 7.09. The molecule has 32 heavy (non-hydrogen) atoms. The highest BCUT2D eigenvalue weighted by atomic mass is 16.3. The lowest BCUT2D eigenvalue weighted by atomic mass is 10.1. The van der Waals surface area contributed by atoms with E-state index in [0.717, 1.165) is 10.4 Å². The fourth-order valence-electron chi connectivity index (χ4n) is 3.92. The molecule has 0 radical (unpaired) electrons. The molecular weight excluding hydrogens is 412 g/mol. The van der Waals surface area contributed by atoms with Crippen molar-refractivity contribution in [2.75, 3.05) is 5.32 Å². The van der Waals surface area contributed by atoms with Crippen LogP contribution < -0.4 is 11.0 Å². The van der Waals surface area contributed by atoms with E-state index in [0.29, 0.717) is 17.0 Å². The van der Waals surface area contributed by atoms with E-state index >= 15 is 0 Å². The zero-order valence-electron chi connectivity index (χ0n) is 17.3. The molecule has 9 heteroatoms. The van der Waals surface area contributed by atoms with Crippen molar-refractivity contribution in [3.63, 3.8) is 0 Å². The van der Waals surface area contributed by atoms with Crippen LogP contribution in [0.5, 0.6) is 0 Å². The minimum Gasteiger partial charge on any atom is -0.467 e. The van der Waals surface area contributed by atoms with E-state index in [-0.39, 0.29) is 28.9 Å². The van der Waals surface area contributed by atoms with Crippen molar-refractivity contribution in [2.45, 2.75) is 6.54 Å². The third kappa shape index (κ3) is 2.94. The van der Waals surface area contributed by atoms with Crippen molar-refractivity contribution in [1.82, 2.24) is 14.0 Å². The number of hydrogen-bond donors (Lipinski definition) is 1. The third-order valence-electron chi connectivity index (χ3n) is 5.66. The van der Waals surface area contributed by atoms with Crippen molar-refractivity contribution in [3.05, 3.63) is 87.7 Å². The minimum absolute atomic E-state index is 0.0245. The van der Waals surface area contributed by atoms with Crippen LogP contribution in [-0.4, -0.2) is 31.8 Å². The first kappa shape index (κ1) is 19.6. The summed E-state index contributed by atoms with van der Waals surface area (Å²) in [5.41, 5.74) is 2.43. The summed E-state index contributed by atoms with van der Waals surface area (Å²) >= 11 is 0. The summed E-state index contributed by atoms with van der Waals surface area (Å²) in [5, 5.41) is 2.78. The molecule has 2 aromatic carbocycles. The number of rotatable bonds is 4. The Balaban J connectivity index is 1.41. The predicted molar refractivity (Wildman–Crippen MR) is 115 cm³/mol. The maximum absolute atomic E-state index is 12.8. The number of nitrogens with zero attached hydrogens (tertiary/aromatic N) is 3. The Morgan fingerprint density at radius 3 is 2.41 bits per heavy atom. The average Bonchev–Trinajstić information content (AvgIpc) is 3.45. The van der Waals surface area contributed by atoms with E-state index in [9.17, 15) is 19.2 Å². The molecule has 0 saturated carbocycles. The summed E-state index contributed by atoms with van der Waals surface area (Å²) in [5.74, 6) is -0.846. The third-order valence-corrected chi connectivity index (χ3v) is 5.66. The molecule has 0 spiro atoms. The SMILES string of the molecule is Cn1c(=O)n(C)c2cc(NC(=O)c3ccc4c(c3)C(=O)N(Cc3ccco3)C4=O)ccc21. The Morgan fingerprint density at radius 2 is 1.66 bits per heavy atom. The second-order valence-corrected chi connectivity index (χ2v) is 7.59. The van der Waals surface area contributed by atoms with E-state index in [2.05, 4.69) is 5.32 Å². The van der Waals surface area contributed by atoms with Gasteiger partial charge in [-0.15, -0.1) is 0 Å². The lowest BCUT2D eigenvalue weighted by Crippen LogP contribution is -2.28. The number of imide groups is 1. The second-order valence-electron chi connectivity index (χ2n) is 7.59. The van der Waals surface area contributed by atoms with E-state index in [1.165, 1.54) is 33.6 Å². The summed E-state index contributed by atoms with van der Waals surface area (Å²) in [7, 11) is 3.34. The summed E-state index contributed by atoms with van der Waals surface area (Å²) in [6, 6.07) is 12.9. The Hall–Kier alpha value is -4.40. The van der Waals surface area contributed by atoms with Crippen LogP contribution in [0.3, 0.4) is 0 Å². The average molecular weight is 430 g/mol. The smallest absolute Gasteiger partial charge is 0.328 e. The van der Waals surface area contributed by atoms with Gasteiger partial charge >= 0.3 is 5.69 Å².